The summed E-state index contributed by atoms with van der Waals surface area (Å²) >= 11 is 0. The minimum absolute atomic E-state index is 0.214. The summed E-state index contributed by atoms with van der Waals surface area (Å²) in [6, 6.07) is 5.42. The fourth-order valence-electron chi connectivity index (χ4n) is 2.59. The number of hydrogen-bond acceptors (Lipinski definition) is 6. The molecule has 0 spiro atoms. The molecular formula is C12H11B2N5O2. The van der Waals surface area contributed by atoms with Gasteiger partial charge in [-0.25, -0.2) is 9.50 Å². The Bertz CT molecular complexity index is 735. The molecule has 7 nitrogen and oxygen atoms in total. The number of nitrogens with two attached hydrogens (primary N) is 1. The van der Waals surface area contributed by atoms with Gasteiger partial charge in [0.2, 0.25) is 0 Å². The van der Waals surface area contributed by atoms with Gasteiger partial charge in [-0.2, -0.15) is 10.4 Å². The van der Waals surface area contributed by atoms with Gasteiger partial charge in [0.05, 0.1) is 11.8 Å². The van der Waals surface area contributed by atoms with Crippen molar-refractivity contribution in [2.75, 3.05) is 5.73 Å². The summed E-state index contributed by atoms with van der Waals surface area (Å²) in [5.41, 5.74) is 5.45. The van der Waals surface area contributed by atoms with Gasteiger partial charge in [-0.1, -0.05) is 0 Å². The molecule has 4 radical (unpaired) electrons. The molecule has 21 heavy (non-hydrogen) atoms. The second-order valence-corrected chi connectivity index (χ2v) is 5.11. The van der Waals surface area contributed by atoms with Crippen molar-refractivity contribution in [2.24, 2.45) is 0 Å². The Balaban J connectivity index is 2.00. The van der Waals surface area contributed by atoms with E-state index < -0.39 is 17.1 Å². The smallest absolute Gasteiger partial charge is 0.166 e. The van der Waals surface area contributed by atoms with E-state index >= 15 is 0 Å². The maximum absolute atomic E-state index is 9.80. The number of anilines is 1. The largest absolute Gasteiger partial charge is 0.405 e. The topological polar surface area (TPSA) is 109 Å². The maximum atomic E-state index is 9.80. The van der Waals surface area contributed by atoms with Crippen molar-refractivity contribution in [3.63, 3.8) is 0 Å². The summed E-state index contributed by atoms with van der Waals surface area (Å²) in [7, 11) is 10.9. The molecule has 1 aliphatic rings. The van der Waals surface area contributed by atoms with Gasteiger partial charge in [0, 0.05) is 5.40 Å². The van der Waals surface area contributed by atoms with Gasteiger partial charge in [-0.3, -0.25) is 0 Å². The molecule has 2 aromatic heterocycles. The van der Waals surface area contributed by atoms with Gasteiger partial charge in [0.15, 0.2) is 11.4 Å². The molecule has 3 heterocycles. The Morgan fingerprint density at radius 3 is 2.95 bits per heavy atom. The van der Waals surface area contributed by atoms with Gasteiger partial charge in [0.1, 0.15) is 33.6 Å². The van der Waals surface area contributed by atoms with E-state index in [0.29, 0.717) is 23.4 Å². The second-order valence-electron chi connectivity index (χ2n) is 5.11. The molecular weight excluding hydrogens is 268 g/mol. The molecule has 3 rings (SSSR count). The van der Waals surface area contributed by atoms with Crippen LogP contribution < -0.4 is 5.73 Å². The van der Waals surface area contributed by atoms with Crippen molar-refractivity contribution in [1.29, 1.82) is 5.26 Å². The number of ether oxygens (including phenoxy) is 1. The second kappa shape index (κ2) is 4.48. The zero-order valence-corrected chi connectivity index (χ0v) is 11.1. The van der Waals surface area contributed by atoms with Crippen molar-refractivity contribution in [3.05, 3.63) is 24.2 Å². The highest BCUT2D eigenvalue weighted by molar-refractivity contribution is 6.40. The monoisotopic (exact) mass is 279 g/mol. The summed E-state index contributed by atoms with van der Waals surface area (Å²) in [4.78, 5) is 3.90. The summed E-state index contributed by atoms with van der Waals surface area (Å²) in [5.74, 6) is 0.343. The van der Waals surface area contributed by atoms with Gasteiger partial charge in [-0.15, -0.1) is 0 Å². The molecule has 0 bridgehead atoms. The van der Waals surface area contributed by atoms with E-state index in [9.17, 15) is 10.4 Å². The molecule has 1 saturated heterocycles. The molecule has 9 heteroatoms. The van der Waals surface area contributed by atoms with Crippen LogP contribution in [0.2, 0.25) is 0 Å². The molecule has 3 N–H and O–H groups in total. The van der Waals surface area contributed by atoms with Crippen LogP contribution >= 0.6 is 0 Å². The predicted octanol–water partition coefficient (Wildman–Crippen LogP) is -0.592. The number of nitrogen functional groups attached to an aromatic ring is 1. The minimum Gasteiger partial charge on any atom is -0.405 e. The van der Waals surface area contributed by atoms with E-state index in [-0.39, 0.29) is 6.42 Å². The number of aromatic nitrogens is 3. The van der Waals surface area contributed by atoms with Crippen LogP contribution in [-0.2, 0) is 4.74 Å². The SMILES string of the molecule is [B]C([B])(O)C1(C#N)CC[C@H](c2ccc3c(N)ncnn23)O1. The van der Waals surface area contributed by atoms with E-state index in [1.165, 1.54) is 6.33 Å². The molecule has 1 aliphatic heterocycles. The molecule has 0 amide bonds. The highest BCUT2D eigenvalue weighted by Gasteiger charge is 2.51. The van der Waals surface area contributed by atoms with Crippen LogP contribution in [0.3, 0.4) is 0 Å². The first kappa shape index (κ1) is 13.9. The third-order valence-corrected chi connectivity index (χ3v) is 3.77. The number of nitriles is 1. The normalized spacial score (nSPS) is 26.0. The highest BCUT2D eigenvalue weighted by atomic mass is 16.5. The quantitative estimate of drug-likeness (QED) is 0.711. The van der Waals surface area contributed by atoms with Crippen molar-refractivity contribution in [2.45, 2.75) is 29.9 Å². The standard InChI is InChI=1S/C12H11B2N5O2/c13-12(14,20)11(5-15)4-3-9(21-11)7-1-2-8-10(16)17-6-18-19(7)8/h1-2,6,9,20H,3-4H2,(H2,16,17,18)/t9-,11?/m1/s1. The number of rotatable bonds is 2. The Kier molecular flexibility index (Phi) is 2.97. The van der Waals surface area contributed by atoms with Crippen LogP contribution in [0.15, 0.2) is 18.5 Å². The lowest BCUT2D eigenvalue weighted by atomic mass is 9.55. The lowest BCUT2D eigenvalue weighted by Crippen LogP contribution is -2.54. The van der Waals surface area contributed by atoms with Crippen LogP contribution in [0.1, 0.15) is 24.6 Å². The van der Waals surface area contributed by atoms with Crippen LogP contribution in [0.4, 0.5) is 5.82 Å². The fraction of sp³-hybridized carbons (Fsp3) is 0.417. The van der Waals surface area contributed by atoms with Crippen molar-refractivity contribution in [1.82, 2.24) is 14.6 Å². The molecule has 0 aliphatic carbocycles. The van der Waals surface area contributed by atoms with Gasteiger partial charge in [-0.05, 0) is 25.0 Å². The molecule has 1 fully saturated rings. The third-order valence-electron chi connectivity index (χ3n) is 3.77. The number of fused-ring (bicyclic) bond motifs is 1. The first-order valence-electron chi connectivity index (χ1n) is 6.35. The lowest BCUT2D eigenvalue weighted by Gasteiger charge is -2.35. The van der Waals surface area contributed by atoms with Crippen molar-refractivity contribution in [3.8, 4) is 6.07 Å². The van der Waals surface area contributed by atoms with Crippen LogP contribution in [0.25, 0.3) is 5.52 Å². The fourth-order valence-corrected chi connectivity index (χ4v) is 2.59. The number of aliphatic hydroxyl groups is 1. The molecule has 0 aromatic carbocycles. The first-order chi connectivity index (χ1) is 9.88. The van der Waals surface area contributed by atoms with Gasteiger partial charge >= 0.3 is 0 Å². The Morgan fingerprint density at radius 2 is 2.33 bits per heavy atom. The minimum atomic E-state index is -2.24. The van der Waals surface area contributed by atoms with Gasteiger partial charge in [0.25, 0.3) is 0 Å². The van der Waals surface area contributed by atoms with Crippen molar-refractivity contribution < 1.29 is 9.84 Å². The van der Waals surface area contributed by atoms with E-state index in [1.807, 2.05) is 6.07 Å². The highest BCUT2D eigenvalue weighted by Crippen LogP contribution is 2.43. The predicted molar refractivity (Wildman–Crippen MR) is 75.3 cm³/mol. The summed E-state index contributed by atoms with van der Waals surface area (Å²) in [5, 5.41) is 21.0. The Hall–Kier alpha value is -2.04. The van der Waals surface area contributed by atoms with Gasteiger partial charge < -0.3 is 15.6 Å². The molecule has 0 saturated carbocycles. The zero-order chi connectivity index (χ0) is 15.3. The Morgan fingerprint density at radius 1 is 1.57 bits per heavy atom. The van der Waals surface area contributed by atoms with E-state index in [0.717, 1.165) is 0 Å². The van der Waals surface area contributed by atoms with E-state index in [1.54, 1.807) is 16.6 Å². The first-order valence-corrected chi connectivity index (χ1v) is 6.35. The third kappa shape index (κ3) is 1.99. The van der Waals surface area contributed by atoms with Crippen LogP contribution in [0.5, 0.6) is 0 Å². The molecule has 2 atom stereocenters. The maximum Gasteiger partial charge on any atom is 0.166 e. The molecule has 2 aromatic rings. The summed E-state index contributed by atoms with van der Waals surface area (Å²) in [6.45, 7) is 0. The van der Waals surface area contributed by atoms with Crippen molar-refractivity contribution >= 4 is 27.0 Å². The average Bonchev–Trinajstić information content (AvgIpc) is 3.02. The van der Waals surface area contributed by atoms with Crippen LogP contribution in [0, 0.1) is 11.3 Å². The number of hydrogen-bond donors (Lipinski definition) is 2. The van der Waals surface area contributed by atoms with E-state index in [2.05, 4.69) is 10.1 Å². The zero-order valence-electron chi connectivity index (χ0n) is 11.1. The summed E-state index contributed by atoms with van der Waals surface area (Å²) in [6.07, 6.45) is 1.55. The average molecular weight is 279 g/mol. The number of nitrogens with zero attached hydrogens (tertiary/aromatic N) is 4. The van der Waals surface area contributed by atoms with Crippen LogP contribution in [-0.4, -0.2) is 46.4 Å². The molecule has 1 unspecified atom stereocenters. The summed E-state index contributed by atoms with van der Waals surface area (Å²) < 4.78 is 7.26. The molecule has 102 valence electrons. The lowest BCUT2D eigenvalue weighted by molar-refractivity contribution is -0.0710. The van der Waals surface area contributed by atoms with E-state index in [4.69, 9.17) is 26.2 Å². The Labute approximate surface area is 123 Å².